The summed E-state index contributed by atoms with van der Waals surface area (Å²) in [4.78, 5) is 60.7. The molecule has 15 heteroatoms. The quantitative estimate of drug-likeness (QED) is 0.133. The predicted molar refractivity (Wildman–Crippen MR) is 147 cm³/mol. The van der Waals surface area contributed by atoms with Crippen molar-refractivity contribution in [3.8, 4) is 5.75 Å². The number of aliphatic carboxylic acids is 2. The van der Waals surface area contributed by atoms with Gasteiger partial charge in [0.05, 0.1) is 20.7 Å². The lowest BCUT2D eigenvalue weighted by Gasteiger charge is -2.04. The maximum absolute atomic E-state index is 10.6. The standard InChI is InChI=1S/C10H11NO4.C9H9NO4.C8H7NO4/c12-10(13)3-1-2-8-4-6-9(7-5-8)11(14)15;1-6(9(11)12)7-2-4-8(5-3-7)10(13)14;1-6(10)13-8-4-2-7(3-5-8)9(11)12/h4-7H,1-3H2,(H,12,13);2-6H,1H3,(H,11,12);2-5H,1H3. The number of carboxylic acid groups (broad SMARTS) is 2. The number of ether oxygens (including phenoxy) is 1. The minimum atomic E-state index is -0.946. The van der Waals surface area contributed by atoms with E-state index >= 15 is 0 Å². The number of esters is 1. The van der Waals surface area contributed by atoms with Crippen LogP contribution in [0.15, 0.2) is 72.8 Å². The molecule has 2 N–H and O–H groups in total. The average Bonchev–Trinajstić information content (AvgIpc) is 2.93. The summed E-state index contributed by atoms with van der Waals surface area (Å²) in [6, 6.07) is 17.0. The van der Waals surface area contributed by atoms with Gasteiger partial charge < -0.3 is 14.9 Å². The molecule has 0 aromatic heterocycles. The fraction of sp³-hybridized carbons (Fsp3) is 0.222. The second kappa shape index (κ2) is 17.1. The Morgan fingerprint density at radius 1 is 0.738 bits per heavy atom. The largest absolute Gasteiger partial charge is 0.481 e. The lowest BCUT2D eigenvalue weighted by molar-refractivity contribution is -0.385. The third-order valence-electron chi connectivity index (χ3n) is 5.29. The molecule has 0 radical (unpaired) electrons. The normalized spacial score (nSPS) is 10.4. The van der Waals surface area contributed by atoms with Crippen LogP contribution in [0.2, 0.25) is 0 Å². The molecule has 0 amide bonds. The molecule has 0 aliphatic carbocycles. The van der Waals surface area contributed by atoms with Gasteiger partial charge in [0.15, 0.2) is 0 Å². The van der Waals surface area contributed by atoms with Crippen molar-refractivity contribution in [1.82, 2.24) is 0 Å². The Kier molecular flexibility index (Phi) is 13.9. The topological polar surface area (TPSA) is 230 Å². The molecule has 0 aliphatic heterocycles. The summed E-state index contributed by atoms with van der Waals surface area (Å²) in [6.07, 6.45) is 1.30. The number of nitro benzene ring substituents is 3. The minimum Gasteiger partial charge on any atom is -0.481 e. The molecule has 15 nitrogen and oxygen atoms in total. The summed E-state index contributed by atoms with van der Waals surface area (Å²) in [7, 11) is 0. The van der Waals surface area contributed by atoms with Crippen molar-refractivity contribution in [3.05, 3.63) is 114 Å². The van der Waals surface area contributed by atoms with Crippen molar-refractivity contribution in [3.63, 3.8) is 0 Å². The van der Waals surface area contributed by atoms with Crippen LogP contribution in [0.25, 0.3) is 0 Å². The van der Waals surface area contributed by atoms with Gasteiger partial charge in [-0.3, -0.25) is 44.7 Å². The van der Waals surface area contributed by atoms with E-state index < -0.39 is 38.6 Å². The molecule has 0 heterocycles. The molecule has 0 spiro atoms. The van der Waals surface area contributed by atoms with Crippen molar-refractivity contribution in [1.29, 1.82) is 0 Å². The van der Waals surface area contributed by atoms with Crippen LogP contribution in [0.3, 0.4) is 0 Å². The van der Waals surface area contributed by atoms with Gasteiger partial charge in [0.2, 0.25) is 0 Å². The highest BCUT2D eigenvalue weighted by Crippen LogP contribution is 2.19. The van der Waals surface area contributed by atoms with Crippen molar-refractivity contribution < 1.29 is 44.1 Å². The zero-order chi connectivity index (χ0) is 31.8. The van der Waals surface area contributed by atoms with E-state index in [4.69, 9.17) is 10.2 Å². The molecular formula is C27H27N3O12. The summed E-state index contributed by atoms with van der Waals surface area (Å²) in [5, 5.41) is 48.0. The van der Waals surface area contributed by atoms with Gasteiger partial charge in [-0.25, -0.2) is 0 Å². The van der Waals surface area contributed by atoms with E-state index in [9.17, 15) is 44.7 Å². The first kappa shape index (κ1) is 34.3. The Bertz CT molecular complexity index is 1390. The molecule has 42 heavy (non-hydrogen) atoms. The number of nitro groups is 3. The molecule has 0 aliphatic rings. The molecule has 222 valence electrons. The molecule has 1 atom stereocenters. The van der Waals surface area contributed by atoms with E-state index in [-0.39, 0.29) is 23.5 Å². The zero-order valence-electron chi connectivity index (χ0n) is 22.4. The Labute approximate surface area is 238 Å². The Balaban J connectivity index is 0.000000316. The number of aryl methyl sites for hydroxylation is 1. The van der Waals surface area contributed by atoms with Crippen molar-refractivity contribution in [2.24, 2.45) is 0 Å². The van der Waals surface area contributed by atoms with Crippen molar-refractivity contribution in [2.45, 2.75) is 39.0 Å². The van der Waals surface area contributed by atoms with Crippen LogP contribution in [-0.2, 0) is 20.8 Å². The van der Waals surface area contributed by atoms with Crippen molar-refractivity contribution in [2.75, 3.05) is 0 Å². The van der Waals surface area contributed by atoms with Gasteiger partial charge in [0, 0.05) is 49.7 Å². The number of nitrogens with zero attached hydrogens (tertiary/aromatic N) is 3. The molecular weight excluding hydrogens is 558 g/mol. The molecule has 0 fully saturated rings. The molecule has 0 bridgehead atoms. The lowest BCUT2D eigenvalue weighted by Crippen LogP contribution is -2.07. The van der Waals surface area contributed by atoms with E-state index in [1.54, 1.807) is 12.1 Å². The van der Waals surface area contributed by atoms with Crippen LogP contribution >= 0.6 is 0 Å². The number of non-ortho nitro benzene ring substituents is 3. The Morgan fingerprint density at radius 2 is 1.14 bits per heavy atom. The van der Waals surface area contributed by atoms with Crippen LogP contribution in [0.4, 0.5) is 17.1 Å². The number of benzene rings is 3. The fourth-order valence-corrected chi connectivity index (χ4v) is 3.06. The van der Waals surface area contributed by atoms with Crippen LogP contribution in [0, 0.1) is 30.3 Å². The number of carboxylic acids is 2. The molecule has 0 saturated carbocycles. The maximum atomic E-state index is 10.6. The van der Waals surface area contributed by atoms with E-state index in [0.29, 0.717) is 24.2 Å². The monoisotopic (exact) mass is 585 g/mol. The number of carbonyl (C=O) groups excluding carboxylic acids is 1. The van der Waals surface area contributed by atoms with Gasteiger partial charge >= 0.3 is 17.9 Å². The first-order valence-corrected chi connectivity index (χ1v) is 12.1. The molecule has 3 rings (SSSR count). The Hall–Kier alpha value is -5.73. The molecule has 3 aromatic carbocycles. The van der Waals surface area contributed by atoms with E-state index in [2.05, 4.69) is 4.74 Å². The van der Waals surface area contributed by atoms with Crippen LogP contribution in [-0.4, -0.2) is 42.9 Å². The van der Waals surface area contributed by atoms with Gasteiger partial charge in [-0.15, -0.1) is 0 Å². The Morgan fingerprint density at radius 3 is 1.50 bits per heavy atom. The first-order valence-electron chi connectivity index (χ1n) is 12.1. The predicted octanol–water partition coefficient (Wildman–Crippen LogP) is 5.31. The highest BCUT2D eigenvalue weighted by molar-refractivity contribution is 5.75. The van der Waals surface area contributed by atoms with Crippen LogP contribution in [0.5, 0.6) is 5.75 Å². The zero-order valence-corrected chi connectivity index (χ0v) is 22.4. The molecule has 1 unspecified atom stereocenters. The number of carbonyl (C=O) groups is 3. The van der Waals surface area contributed by atoms with Crippen LogP contribution < -0.4 is 4.74 Å². The second-order valence-electron chi connectivity index (χ2n) is 8.42. The number of hydrogen-bond donors (Lipinski definition) is 2. The average molecular weight is 586 g/mol. The first-order chi connectivity index (χ1) is 19.7. The van der Waals surface area contributed by atoms with Gasteiger partial charge in [-0.05, 0) is 43.0 Å². The summed E-state index contributed by atoms with van der Waals surface area (Å²) in [5.74, 6) is -2.56. The smallest absolute Gasteiger partial charge is 0.310 e. The lowest BCUT2D eigenvalue weighted by atomic mass is 10.0. The molecule has 3 aromatic rings. The summed E-state index contributed by atoms with van der Waals surface area (Å²) in [5.41, 5.74) is 1.46. The maximum Gasteiger partial charge on any atom is 0.310 e. The van der Waals surface area contributed by atoms with E-state index in [1.165, 1.54) is 74.5 Å². The summed E-state index contributed by atoms with van der Waals surface area (Å²) < 4.78 is 4.69. The van der Waals surface area contributed by atoms with E-state index in [1.807, 2.05) is 0 Å². The minimum absolute atomic E-state index is 0.0316. The third kappa shape index (κ3) is 12.9. The highest BCUT2D eigenvalue weighted by Gasteiger charge is 2.14. The van der Waals surface area contributed by atoms with Crippen LogP contribution in [0.1, 0.15) is 43.7 Å². The number of rotatable bonds is 10. The summed E-state index contributed by atoms with van der Waals surface area (Å²) >= 11 is 0. The second-order valence-corrected chi connectivity index (χ2v) is 8.42. The van der Waals surface area contributed by atoms with Gasteiger partial charge in [-0.2, -0.15) is 0 Å². The van der Waals surface area contributed by atoms with Crippen molar-refractivity contribution >= 4 is 35.0 Å². The van der Waals surface area contributed by atoms with Gasteiger partial charge in [0.1, 0.15) is 5.75 Å². The molecule has 0 saturated heterocycles. The van der Waals surface area contributed by atoms with Gasteiger partial charge in [-0.1, -0.05) is 24.3 Å². The SMILES string of the molecule is CC(=O)Oc1ccc([N+](=O)[O-])cc1.CC(C(=O)O)c1ccc([N+](=O)[O-])cc1.O=C(O)CCCc1ccc([N+](=O)[O-])cc1. The fourth-order valence-electron chi connectivity index (χ4n) is 3.06. The van der Waals surface area contributed by atoms with E-state index in [0.717, 1.165) is 5.56 Å². The number of hydrogen-bond acceptors (Lipinski definition) is 10. The highest BCUT2D eigenvalue weighted by atomic mass is 16.6. The third-order valence-corrected chi connectivity index (χ3v) is 5.29. The van der Waals surface area contributed by atoms with Gasteiger partial charge in [0.25, 0.3) is 17.1 Å². The summed E-state index contributed by atoms with van der Waals surface area (Å²) in [6.45, 7) is 2.80.